The smallest absolute Gasteiger partial charge is 0.153 e. The van der Waals surface area contributed by atoms with E-state index < -0.39 is 5.41 Å². The summed E-state index contributed by atoms with van der Waals surface area (Å²) < 4.78 is 0. The van der Waals surface area contributed by atoms with Crippen LogP contribution in [0.25, 0.3) is 45.2 Å². The van der Waals surface area contributed by atoms with Gasteiger partial charge in [-0.3, -0.25) is 15.0 Å². The molecule has 1 aliphatic carbocycles. The number of aromatic hydroxyl groups is 1. The topological polar surface area (TPSA) is 71.8 Å². The van der Waals surface area contributed by atoms with Crippen molar-refractivity contribution in [3.63, 3.8) is 0 Å². The first-order valence-corrected chi connectivity index (χ1v) is 14.5. The summed E-state index contributed by atoms with van der Waals surface area (Å²) in [6, 6.07) is 50.1. The van der Waals surface area contributed by atoms with Gasteiger partial charge < -0.3 is 5.11 Å². The van der Waals surface area contributed by atoms with Crippen LogP contribution in [-0.4, -0.2) is 25.0 Å². The van der Waals surface area contributed by atoms with Gasteiger partial charge in [0.2, 0.25) is 0 Å². The number of aromatic nitrogens is 4. The predicted molar refractivity (Wildman–Crippen MR) is 172 cm³/mol. The fourth-order valence-corrected chi connectivity index (χ4v) is 6.39. The molecule has 0 saturated carbocycles. The van der Waals surface area contributed by atoms with Crippen molar-refractivity contribution in [1.29, 1.82) is 0 Å². The molecule has 8 rings (SSSR count). The Morgan fingerprint density at radius 1 is 0.533 bits per heavy atom. The van der Waals surface area contributed by atoms with Gasteiger partial charge in [-0.25, -0.2) is 4.98 Å². The normalized spacial score (nSPS) is 12.5. The number of benzene rings is 5. The quantitative estimate of drug-likeness (QED) is 0.180. The Kier molecular flexibility index (Phi) is 7.40. The molecular weight excluding hydrogens is 736 g/mol. The van der Waals surface area contributed by atoms with E-state index in [2.05, 4.69) is 76.7 Å². The van der Waals surface area contributed by atoms with Crippen LogP contribution in [-0.2, 0) is 26.5 Å². The number of phenols is 1. The molecule has 5 aromatic carbocycles. The molecule has 7 aromatic rings. The van der Waals surface area contributed by atoms with E-state index in [-0.39, 0.29) is 26.8 Å². The van der Waals surface area contributed by atoms with Crippen molar-refractivity contribution in [3.05, 3.63) is 174 Å². The van der Waals surface area contributed by atoms with Gasteiger partial charge in [0.25, 0.3) is 0 Å². The van der Waals surface area contributed by atoms with Crippen LogP contribution in [0.5, 0.6) is 5.75 Å². The molecule has 0 unspecified atom stereocenters. The molecule has 0 bridgehead atoms. The maximum absolute atomic E-state index is 10.7. The summed E-state index contributed by atoms with van der Waals surface area (Å²) in [5, 5.41) is 10.7. The van der Waals surface area contributed by atoms with Crippen molar-refractivity contribution in [2.24, 2.45) is 0 Å². The number of para-hydroxylation sites is 1. The molecule has 1 aliphatic rings. The van der Waals surface area contributed by atoms with E-state index >= 15 is 0 Å². The van der Waals surface area contributed by atoms with Gasteiger partial charge in [0, 0.05) is 32.2 Å². The van der Waals surface area contributed by atoms with Crippen LogP contribution >= 0.6 is 0 Å². The first-order chi connectivity index (χ1) is 21.7. The number of fused-ring (bicyclic) bond motifs is 3. The summed E-state index contributed by atoms with van der Waals surface area (Å²) >= 11 is 0. The number of pyridine rings is 1. The Labute approximate surface area is 275 Å². The average molecular weight is 761 g/mol. The molecular formula is C39H25N4OPt-. The Balaban J connectivity index is 0.00000325. The van der Waals surface area contributed by atoms with Crippen LogP contribution in [0.2, 0.25) is 0 Å². The van der Waals surface area contributed by atoms with E-state index in [1.807, 2.05) is 72.8 Å². The summed E-state index contributed by atoms with van der Waals surface area (Å²) in [6.07, 6.45) is 1.55. The molecule has 0 atom stereocenters. The zero-order valence-corrected chi connectivity index (χ0v) is 26.2. The first kappa shape index (κ1) is 28.5. The van der Waals surface area contributed by atoms with Crippen molar-refractivity contribution < 1.29 is 26.2 Å². The molecule has 0 radical (unpaired) electrons. The third-order valence-electron chi connectivity index (χ3n) is 8.31. The van der Waals surface area contributed by atoms with E-state index in [0.29, 0.717) is 22.9 Å². The van der Waals surface area contributed by atoms with Crippen molar-refractivity contribution >= 4 is 0 Å². The maximum Gasteiger partial charge on any atom is 0.153 e. The third kappa shape index (κ3) is 4.68. The van der Waals surface area contributed by atoms with Crippen molar-refractivity contribution in [3.8, 4) is 50.9 Å². The molecule has 0 spiro atoms. The van der Waals surface area contributed by atoms with Gasteiger partial charge in [0.05, 0.1) is 22.6 Å². The van der Waals surface area contributed by atoms with Crippen LogP contribution in [0.15, 0.2) is 146 Å². The zero-order chi connectivity index (χ0) is 29.5. The monoisotopic (exact) mass is 760 g/mol. The fraction of sp³-hybridized carbons (Fsp3) is 0.0256. The van der Waals surface area contributed by atoms with Crippen LogP contribution in [0.4, 0.5) is 0 Å². The molecule has 6 heteroatoms. The standard InChI is InChI=1S/C39H25N4O.Pt/c44-35-22-9-6-18-31(35)34-21-11-23-36(42-34)39(32-19-7-4-16-29(32)30-17-5-8-20-33(30)39)28-15-10-14-27(24-28)38-41-25-40-37(43-38)26-12-2-1-3-13-26;/h1-23,25,44H;/q-1;. The molecule has 1 N–H and O–H groups in total. The fourth-order valence-electron chi connectivity index (χ4n) is 6.39. The number of rotatable bonds is 5. The van der Waals surface area contributed by atoms with Crippen LogP contribution in [0.1, 0.15) is 22.4 Å². The van der Waals surface area contributed by atoms with E-state index in [4.69, 9.17) is 9.97 Å². The van der Waals surface area contributed by atoms with E-state index in [9.17, 15) is 5.11 Å². The minimum absolute atomic E-state index is 0. The molecule has 5 nitrogen and oxygen atoms in total. The maximum atomic E-state index is 10.7. The van der Waals surface area contributed by atoms with E-state index in [1.54, 1.807) is 12.4 Å². The van der Waals surface area contributed by atoms with Gasteiger partial charge in [-0.1, -0.05) is 97.1 Å². The van der Waals surface area contributed by atoms with Gasteiger partial charge in [-0.15, -0.1) is 35.4 Å². The van der Waals surface area contributed by atoms with E-state index in [1.165, 1.54) is 0 Å². The average Bonchev–Trinajstić information content (AvgIpc) is 3.40. The predicted octanol–water partition coefficient (Wildman–Crippen LogP) is 8.13. The Morgan fingerprint density at radius 3 is 1.89 bits per heavy atom. The molecule has 218 valence electrons. The second kappa shape index (κ2) is 11.7. The van der Waals surface area contributed by atoms with Gasteiger partial charge in [-0.05, 0) is 46.5 Å². The molecule has 0 fully saturated rings. The number of nitrogens with zero attached hydrogens (tertiary/aromatic N) is 4. The number of hydrogen-bond donors (Lipinski definition) is 1. The summed E-state index contributed by atoms with van der Waals surface area (Å²) in [4.78, 5) is 19.1. The number of phenolic OH excluding ortho intramolecular Hbond substituents is 1. The first-order valence-electron chi connectivity index (χ1n) is 14.5. The second-order valence-electron chi connectivity index (χ2n) is 10.7. The third-order valence-corrected chi connectivity index (χ3v) is 8.31. The Bertz CT molecular complexity index is 2120. The van der Waals surface area contributed by atoms with Crippen molar-refractivity contribution in [1.82, 2.24) is 19.9 Å². The van der Waals surface area contributed by atoms with Gasteiger partial charge >= 0.3 is 0 Å². The van der Waals surface area contributed by atoms with Crippen LogP contribution in [0.3, 0.4) is 0 Å². The van der Waals surface area contributed by atoms with Gasteiger partial charge in [-0.2, -0.15) is 0 Å². The van der Waals surface area contributed by atoms with Crippen molar-refractivity contribution in [2.75, 3.05) is 0 Å². The van der Waals surface area contributed by atoms with Gasteiger partial charge in [0.1, 0.15) is 12.1 Å². The summed E-state index contributed by atoms with van der Waals surface area (Å²) in [5.74, 6) is 1.35. The SMILES string of the molecule is Oc1ccccc1-c1cccc(C2(c3[c-]c(-c4ncnc(-c5ccccc5)n4)ccc3)c3ccccc3-c3ccccc32)n1.[Pt]. The molecule has 45 heavy (non-hydrogen) atoms. The van der Waals surface area contributed by atoms with Crippen molar-refractivity contribution in [2.45, 2.75) is 5.41 Å². The molecule has 2 heterocycles. The molecule has 2 aromatic heterocycles. The van der Waals surface area contributed by atoms with E-state index in [0.717, 1.165) is 44.6 Å². The number of hydrogen-bond acceptors (Lipinski definition) is 5. The molecule has 0 saturated heterocycles. The van der Waals surface area contributed by atoms with Gasteiger partial charge in [0.15, 0.2) is 5.82 Å². The summed E-state index contributed by atoms with van der Waals surface area (Å²) in [6.45, 7) is 0. The minimum atomic E-state index is -0.779. The Morgan fingerprint density at radius 2 is 1.16 bits per heavy atom. The summed E-state index contributed by atoms with van der Waals surface area (Å²) in [5.41, 5.74) is 8.61. The Hall–Kier alpha value is -5.25. The summed E-state index contributed by atoms with van der Waals surface area (Å²) in [7, 11) is 0. The molecule has 0 aliphatic heterocycles. The zero-order valence-electron chi connectivity index (χ0n) is 23.9. The second-order valence-corrected chi connectivity index (χ2v) is 10.7. The minimum Gasteiger partial charge on any atom is -0.507 e. The largest absolute Gasteiger partial charge is 0.507 e. The molecule has 0 amide bonds. The van der Waals surface area contributed by atoms with Crippen LogP contribution < -0.4 is 0 Å². The van der Waals surface area contributed by atoms with Crippen LogP contribution in [0, 0.1) is 6.07 Å².